The number of rotatable bonds is 3. The molecule has 2 rings (SSSR count). The summed E-state index contributed by atoms with van der Waals surface area (Å²) in [5.74, 6) is 0. The molecule has 0 bridgehead atoms. The number of sulfonamides is 1. The van der Waals surface area contributed by atoms with Gasteiger partial charge in [0.15, 0.2) is 0 Å². The summed E-state index contributed by atoms with van der Waals surface area (Å²) in [6.45, 7) is 0.502. The molecular weight excluding hydrogens is 294 g/mol. The van der Waals surface area contributed by atoms with Gasteiger partial charge in [-0.2, -0.15) is 9.57 Å². The van der Waals surface area contributed by atoms with E-state index in [1.54, 1.807) is 6.07 Å². The highest BCUT2D eigenvalue weighted by molar-refractivity contribution is 7.89. The molecule has 112 valence electrons. The lowest BCUT2D eigenvalue weighted by molar-refractivity contribution is 0.167. The van der Waals surface area contributed by atoms with Crippen LogP contribution in [0.5, 0.6) is 0 Å². The van der Waals surface area contributed by atoms with Crippen LogP contribution in [0.15, 0.2) is 29.2 Å². The van der Waals surface area contributed by atoms with Gasteiger partial charge in [-0.05, 0) is 24.6 Å². The monoisotopic (exact) mass is 309 g/mol. The van der Waals surface area contributed by atoms with E-state index in [4.69, 9.17) is 5.26 Å². The summed E-state index contributed by atoms with van der Waals surface area (Å²) in [7, 11) is -2.40. The van der Waals surface area contributed by atoms with Crippen LogP contribution in [0.1, 0.15) is 12.0 Å². The van der Waals surface area contributed by atoms with Crippen molar-refractivity contribution in [2.75, 3.05) is 20.2 Å². The number of amides is 1. The minimum atomic E-state index is -3.66. The van der Waals surface area contributed by atoms with E-state index < -0.39 is 16.1 Å². The Morgan fingerprint density at radius 1 is 1.52 bits per heavy atom. The predicted molar refractivity (Wildman–Crippen MR) is 73.9 cm³/mol. The summed E-state index contributed by atoms with van der Waals surface area (Å²) in [4.78, 5) is 11.2. The zero-order valence-corrected chi connectivity index (χ0v) is 12.3. The molecule has 1 fully saturated rings. The number of hydrogen-bond acceptors (Lipinski definition) is 5. The van der Waals surface area contributed by atoms with Crippen LogP contribution in [0.3, 0.4) is 0 Å². The molecule has 0 aliphatic carbocycles. The highest BCUT2D eigenvalue weighted by atomic mass is 32.2. The van der Waals surface area contributed by atoms with Gasteiger partial charge in [0.2, 0.25) is 10.0 Å². The number of hydrogen-bond donors (Lipinski definition) is 1. The molecule has 1 aliphatic heterocycles. The van der Waals surface area contributed by atoms with Crippen LogP contribution >= 0.6 is 0 Å². The number of methoxy groups -OCH3 is 1. The number of nitrogens with one attached hydrogen (secondary N) is 1. The minimum Gasteiger partial charge on any atom is -0.453 e. The number of benzene rings is 1. The van der Waals surface area contributed by atoms with Gasteiger partial charge in [-0.15, -0.1) is 0 Å². The Kier molecular flexibility index (Phi) is 4.45. The average Bonchev–Trinajstić information content (AvgIpc) is 2.96. The van der Waals surface area contributed by atoms with Crippen LogP contribution in [0.25, 0.3) is 0 Å². The third-order valence-corrected chi connectivity index (χ3v) is 5.12. The van der Waals surface area contributed by atoms with E-state index in [1.807, 2.05) is 6.07 Å². The smallest absolute Gasteiger partial charge is 0.407 e. The van der Waals surface area contributed by atoms with Crippen LogP contribution in [0, 0.1) is 11.3 Å². The second-order valence-corrected chi connectivity index (χ2v) is 6.56. The fraction of sp³-hybridized carbons (Fsp3) is 0.385. The van der Waals surface area contributed by atoms with Gasteiger partial charge in [-0.1, -0.05) is 6.07 Å². The predicted octanol–water partition coefficient (Wildman–Crippen LogP) is 0.677. The first-order valence-electron chi connectivity index (χ1n) is 6.32. The second-order valence-electron chi connectivity index (χ2n) is 4.62. The van der Waals surface area contributed by atoms with Crippen molar-refractivity contribution in [3.05, 3.63) is 29.8 Å². The first-order chi connectivity index (χ1) is 9.97. The summed E-state index contributed by atoms with van der Waals surface area (Å²) in [5, 5.41) is 11.4. The van der Waals surface area contributed by atoms with E-state index in [9.17, 15) is 13.2 Å². The Balaban J connectivity index is 2.14. The second kappa shape index (κ2) is 6.11. The normalized spacial score (nSPS) is 19.0. The maximum Gasteiger partial charge on any atom is 0.407 e. The van der Waals surface area contributed by atoms with Gasteiger partial charge in [-0.25, -0.2) is 13.2 Å². The van der Waals surface area contributed by atoms with E-state index in [2.05, 4.69) is 10.1 Å². The number of ether oxygens (including phenoxy) is 1. The Morgan fingerprint density at radius 3 is 2.95 bits per heavy atom. The minimum absolute atomic E-state index is 0.0836. The standard InChI is InChI=1S/C13H15N3O4S/c1-20-13(17)15-11-5-6-16(9-11)21(18,19)12-4-2-3-10(7-12)8-14/h2-4,7,11H,5-6,9H2,1H3,(H,15,17). The van der Waals surface area contributed by atoms with Gasteiger partial charge in [0.1, 0.15) is 0 Å². The molecule has 7 nitrogen and oxygen atoms in total. The molecule has 0 saturated carbocycles. The summed E-state index contributed by atoms with van der Waals surface area (Å²) in [6.07, 6.45) is -0.0579. The summed E-state index contributed by atoms with van der Waals surface area (Å²) in [5.41, 5.74) is 0.291. The van der Waals surface area contributed by atoms with Crippen molar-refractivity contribution in [1.82, 2.24) is 9.62 Å². The van der Waals surface area contributed by atoms with E-state index in [0.717, 1.165) is 0 Å². The van der Waals surface area contributed by atoms with E-state index >= 15 is 0 Å². The lowest BCUT2D eigenvalue weighted by atomic mass is 10.2. The third-order valence-electron chi connectivity index (χ3n) is 3.26. The Hall–Kier alpha value is -2.11. The molecule has 1 aromatic rings. The highest BCUT2D eigenvalue weighted by Crippen LogP contribution is 2.21. The van der Waals surface area contributed by atoms with Crippen LogP contribution in [-0.4, -0.2) is 45.1 Å². The van der Waals surface area contributed by atoms with Crippen molar-refractivity contribution in [3.8, 4) is 6.07 Å². The Labute approximate surface area is 123 Å². The van der Waals surface area contributed by atoms with Crippen LogP contribution < -0.4 is 5.32 Å². The van der Waals surface area contributed by atoms with Crippen molar-refractivity contribution in [2.45, 2.75) is 17.4 Å². The molecule has 1 unspecified atom stereocenters. The molecule has 1 aromatic carbocycles. The van der Waals surface area contributed by atoms with Crippen LogP contribution in [0.2, 0.25) is 0 Å². The van der Waals surface area contributed by atoms with Crippen molar-refractivity contribution >= 4 is 16.1 Å². The molecule has 21 heavy (non-hydrogen) atoms. The number of alkyl carbamates (subject to hydrolysis) is 1. The molecule has 0 aromatic heterocycles. The quantitative estimate of drug-likeness (QED) is 0.885. The first-order valence-corrected chi connectivity index (χ1v) is 7.76. The van der Waals surface area contributed by atoms with Gasteiger partial charge in [0, 0.05) is 19.1 Å². The fourth-order valence-electron chi connectivity index (χ4n) is 2.17. The van der Waals surface area contributed by atoms with Crippen molar-refractivity contribution in [3.63, 3.8) is 0 Å². The van der Waals surface area contributed by atoms with Crippen molar-refractivity contribution in [2.24, 2.45) is 0 Å². The van der Waals surface area contributed by atoms with Gasteiger partial charge in [0.25, 0.3) is 0 Å². The van der Waals surface area contributed by atoms with Crippen molar-refractivity contribution in [1.29, 1.82) is 5.26 Å². The van der Waals surface area contributed by atoms with Gasteiger partial charge >= 0.3 is 6.09 Å². The van der Waals surface area contributed by atoms with Crippen LogP contribution in [0.4, 0.5) is 4.79 Å². The molecule has 8 heteroatoms. The van der Waals surface area contributed by atoms with Crippen LogP contribution in [-0.2, 0) is 14.8 Å². The maximum absolute atomic E-state index is 12.5. The lowest BCUT2D eigenvalue weighted by Gasteiger charge is -2.17. The SMILES string of the molecule is COC(=O)NC1CCN(S(=O)(=O)c2cccc(C#N)c2)C1. The molecular formula is C13H15N3O4S. The molecule has 1 atom stereocenters. The molecule has 1 aliphatic rings. The maximum atomic E-state index is 12.5. The fourth-order valence-corrected chi connectivity index (χ4v) is 3.71. The summed E-state index contributed by atoms with van der Waals surface area (Å²) >= 11 is 0. The van der Waals surface area contributed by atoms with Gasteiger partial charge in [0.05, 0.1) is 23.6 Å². The van der Waals surface area contributed by atoms with E-state index in [1.165, 1.54) is 29.6 Å². The van der Waals surface area contributed by atoms with E-state index in [-0.39, 0.29) is 17.5 Å². The highest BCUT2D eigenvalue weighted by Gasteiger charge is 2.33. The Morgan fingerprint density at radius 2 is 2.29 bits per heavy atom. The third kappa shape index (κ3) is 3.32. The number of carbonyl (C=O) groups excluding carboxylic acids is 1. The van der Waals surface area contributed by atoms with E-state index in [0.29, 0.717) is 18.5 Å². The molecule has 1 N–H and O–H groups in total. The summed E-state index contributed by atoms with van der Waals surface area (Å²) in [6, 6.07) is 7.52. The molecule has 0 radical (unpaired) electrons. The number of nitrogens with zero attached hydrogens (tertiary/aromatic N) is 2. The van der Waals surface area contributed by atoms with Gasteiger partial charge < -0.3 is 10.1 Å². The van der Waals surface area contributed by atoms with Gasteiger partial charge in [-0.3, -0.25) is 0 Å². The van der Waals surface area contributed by atoms with Crippen molar-refractivity contribution < 1.29 is 17.9 Å². The topological polar surface area (TPSA) is 99.5 Å². The number of nitriles is 1. The first kappa shape index (κ1) is 15.3. The average molecular weight is 309 g/mol. The number of carbonyl (C=O) groups is 1. The molecule has 0 spiro atoms. The lowest BCUT2D eigenvalue weighted by Crippen LogP contribution is -2.38. The largest absolute Gasteiger partial charge is 0.453 e. The molecule has 1 heterocycles. The molecule has 1 amide bonds. The Bertz CT molecular complexity index is 681. The zero-order chi connectivity index (χ0) is 15.5. The zero-order valence-electron chi connectivity index (χ0n) is 11.4. The summed E-state index contributed by atoms with van der Waals surface area (Å²) < 4.78 is 30.7. The molecule has 1 saturated heterocycles.